The number of H-pyrrole nitrogens is 1. The first-order chi connectivity index (χ1) is 15.1. The Morgan fingerprint density at radius 3 is 2.74 bits per heavy atom. The molecule has 2 aromatic carbocycles. The van der Waals surface area contributed by atoms with E-state index >= 15 is 0 Å². The number of furan rings is 1. The van der Waals surface area contributed by atoms with Gasteiger partial charge in [-0.1, -0.05) is 47.6 Å². The first kappa shape index (κ1) is 21.1. The first-order valence-corrected chi connectivity index (χ1v) is 10.9. The maximum absolute atomic E-state index is 12.3. The normalized spacial score (nSPS) is 10.8. The lowest BCUT2D eigenvalue weighted by Gasteiger charge is -2.04. The van der Waals surface area contributed by atoms with Gasteiger partial charge in [-0.3, -0.25) is 4.79 Å². The second-order valence-corrected chi connectivity index (χ2v) is 8.05. The van der Waals surface area contributed by atoms with Crippen molar-refractivity contribution in [2.24, 2.45) is 0 Å². The third-order valence-corrected chi connectivity index (χ3v) is 5.75. The van der Waals surface area contributed by atoms with Crippen molar-refractivity contribution in [3.63, 3.8) is 0 Å². The fraction of sp³-hybridized carbons (Fsp3) is 0.130. The number of hydrogen-bond donors (Lipinski definition) is 2. The van der Waals surface area contributed by atoms with Crippen molar-refractivity contribution >= 4 is 29.3 Å². The fourth-order valence-electron chi connectivity index (χ4n) is 2.96. The summed E-state index contributed by atoms with van der Waals surface area (Å²) in [7, 11) is 1.63. The average molecular weight is 454 g/mol. The van der Waals surface area contributed by atoms with Gasteiger partial charge in [0.1, 0.15) is 22.4 Å². The van der Waals surface area contributed by atoms with E-state index in [1.165, 1.54) is 11.8 Å². The Hall–Kier alpha value is -3.16. The maximum atomic E-state index is 12.3. The number of amides is 1. The van der Waals surface area contributed by atoms with Crippen LogP contribution in [0.1, 0.15) is 5.76 Å². The molecule has 0 saturated carbocycles. The molecule has 1 amide bonds. The van der Waals surface area contributed by atoms with Gasteiger partial charge in [-0.2, -0.15) is 0 Å². The molecule has 0 unspecified atom stereocenters. The van der Waals surface area contributed by atoms with Crippen LogP contribution in [-0.4, -0.2) is 28.7 Å². The van der Waals surface area contributed by atoms with E-state index in [2.05, 4.69) is 10.3 Å². The number of ether oxygens (including phenoxy) is 1. The molecule has 6 nitrogen and oxygen atoms in total. The number of aromatic nitrogens is 2. The summed E-state index contributed by atoms with van der Waals surface area (Å²) >= 11 is 7.42. The van der Waals surface area contributed by atoms with Crippen LogP contribution in [0.4, 0.5) is 0 Å². The van der Waals surface area contributed by atoms with Crippen LogP contribution in [0, 0.1) is 0 Å². The number of benzene rings is 2. The zero-order valence-electron chi connectivity index (χ0n) is 16.7. The van der Waals surface area contributed by atoms with Crippen LogP contribution < -0.4 is 10.1 Å². The van der Waals surface area contributed by atoms with Crippen molar-refractivity contribution in [1.29, 1.82) is 0 Å². The van der Waals surface area contributed by atoms with E-state index in [0.29, 0.717) is 23.2 Å². The number of rotatable bonds is 8. The number of hydrogen-bond acceptors (Lipinski definition) is 5. The number of nitrogens with one attached hydrogen (secondary N) is 2. The summed E-state index contributed by atoms with van der Waals surface area (Å²) < 4.78 is 10.6. The molecule has 2 N–H and O–H groups in total. The second-order valence-electron chi connectivity index (χ2n) is 6.65. The van der Waals surface area contributed by atoms with E-state index in [0.717, 1.165) is 27.6 Å². The number of nitrogens with zero attached hydrogens (tertiary/aromatic N) is 1. The van der Waals surface area contributed by atoms with Crippen molar-refractivity contribution in [3.05, 3.63) is 77.7 Å². The number of thioether (sulfide) groups is 1. The van der Waals surface area contributed by atoms with Crippen molar-refractivity contribution < 1.29 is 13.9 Å². The highest BCUT2D eigenvalue weighted by molar-refractivity contribution is 8.00. The Morgan fingerprint density at radius 1 is 1.16 bits per heavy atom. The largest absolute Gasteiger partial charge is 0.497 e. The molecule has 0 atom stereocenters. The summed E-state index contributed by atoms with van der Waals surface area (Å²) in [5.74, 6) is 2.27. The molecule has 2 heterocycles. The monoisotopic (exact) mass is 453 g/mol. The van der Waals surface area contributed by atoms with E-state index in [1.54, 1.807) is 19.4 Å². The van der Waals surface area contributed by atoms with Crippen molar-refractivity contribution in [2.75, 3.05) is 12.9 Å². The Morgan fingerprint density at radius 2 is 2.00 bits per heavy atom. The number of imidazole rings is 1. The van der Waals surface area contributed by atoms with Gasteiger partial charge in [0.25, 0.3) is 0 Å². The van der Waals surface area contributed by atoms with Gasteiger partial charge in [-0.25, -0.2) is 4.98 Å². The molecule has 158 valence electrons. The molecule has 0 fully saturated rings. The molecule has 0 aliphatic carbocycles. The smallest absolute Gasteiger partial charge is 0.230 e. The van der Waals surface area contributed by atoms with Gasteiger partial charge < -0.3 is 19.5 Å². The minimum Gasteiger partial charge on any atom is -0.497 e. The third kappa shape index (κ3) is 5.31. The lowest BCUT2D eigenvalue weighted by Crippen LogP contribution is -2.24. The van der Waals surface area contributed by atoms with E-state index in [1.807, 2.05) is 54.6 Å². The average Bonchev–Trinajstić information content (AvgIpc) is 3.47. The molecule has 4 rings (SSSR count). The Bertz CT molecular complexity index is 1160. The molecule has 0 aliphatic heterocycles. The molecule has 31 heavy (non-hydrogen) atoms. The van der Waals surface area contributed by atoms with Gasteiger partial charge in [-0.15, -0.1) is 0 Å². The van der Waals surface area contributed by atoms with Gasteiger partial charge in [0.05, 0.1) is 31.4 Å². The fourth-order valence-corrected chi connectivity index (χ4v) is 3.93. The summed E-state index contributed by atoms with van der Waals surface area (Å²) in [4.78, 5) is 20.5. The van der Waals surface area contributed by atoms with Gasteiger partial charge >= 0.3 is 0 Å². The van der Waals surface area contributed by atoms with Crippen LogP contribution in [0.25, 0.3) is 22.6 Å². The minimum atomic E-state index is -0.102. The number of carbonyl (C=O) groups excluding carboxylic acids is 1. The minimum absolute atomic E-state index is 0.102. The van der Waals surface area contributed by atoms with Crippen molar-refractivity contribution in [2.45, 2.75) is 11.6 Å². The maximum Gasteiger partial charge on any atom is 0.230 e. The van der Waals surface area contributed by atoms with E-state index in [-0.39, 0.29) is 11.7 Å². The van der Waals surface area contributed by atoms with Crippen LogP contribution >= 0.6 is 23.4 Å². The lowest BCUT2D eigenvalue weighted by atomic mass is 10.2. The number of carbonyl (C=O) groups is 1. The number of halogens is 1. The molecule has 4 aromatic rings. The molecule has 2 aromatic heterocycles. The zero-order chi connectivity index (χ0) is 21.6. The lowest BCUT2D eigenvalue weighted by molar-refractivity contribution is -0.118. The third-order valence-electron chi connectivity index (χ3n) is 4.53. The van der Waals surface area contributed by atoms with Crippen molar-refractivity contribution in [1.82, 2.24) is 15.3 Å². The van der Waals surface area contributed by atoms with Crippen LogP contribution in [0.2, 0.25) is 5.02 Å². The molecule has 0 bridgehead atoms. The topological polar surface area (TPSA) is 80.2 Å². The van der Waals surface area contributed by atoms with Gasteiger partial charge in [0.2, 0.25) is 5.91 Å². The summed E-state index contributed by atoms with van der Waals surface area (Å²) in [6.07, 6.45) is 1.58. The predicted octanol–water partition coefficient (Wildman–Crippen LogP) is 5.41. The molecular weight excluding hydrogens is 434 g/mol. The highest BCUT2D eigenvalue weighted by atomic mass is 35.5. The second kappa shape index (κ2) is 9.76. The predicted molar refractivity (Wildman–Crippen MR) is 122 cm³/mol. The van der Waals surface area contributed by atoms with Crippen LogP contribution in [0.5, 0.6) is 5.75 Å². The van der Waals surface area contributed by atoms with Gasteiger partial charge in [0, 0.05) is 16.1 Å². The van der Waals surface area contributed by atoms with E-state index in [4.69, 9.17) is 25.7 Å². The Kier molecular flexibility index (Phi) is 6.64. The van der Waals surface area contributed by atoms with Crippen molar-refractivity contribution in [3.8, 4) is 28.4 Å². The highest BCUT2D eigenvalue weighted by Gasteiger charge is 2.16. The molecule has 8 heteroatoms. The Labute approximate surface area is 189 Å². The zero-order valence-corrected chi connectivity index (χ0v) is 18.3. The SMILES string of the molecule is COc1cccc(-c2nc(SCC(=O)NCc3ccco3)c(-c3ccc(Cl)cc3)[nH]2)c1. The summed E-state index contributed by atoms with van der Waals surface area (Å²) in [6, 6.07) is 18.8. The van der Waals surface area contributed by atoms with Crippen LogP contribution in [-0.2, 0) is 11.3 Å². The van der Waals surface area contributed by atoms with Gasteiger partial charge in [-0.05, 0) is 36.4 Å². The molecule has 0 saturated heterocycles. The molecular formula is C23H20ClN3O3S. The molecule has 0 radical (unpaired) electrons. The number of aromatic amines is 1. The molecule has 0 aliphatic rings. The van der Waals surface area contributed by atoms with Crippen LogP contribution in [0.15, 0.2) is 76.4 Å². The summed E-state index contributed by atoms with van der Waals surface area (Å²) in [6.45, 7) is 0.353. The van der Waals surface area contributed by atoms with Crippen LogP contribution in [0.3, 0.4) is 0 Å². The summed E-state index contributed by atoms with van der Waals surface area (Å²) in [5.41, 5.74) is 2.66. The number of methoxy groups -OCH3 is 1. The first-order valence-electron chi connectivity index (χ1n) is 9.54. The van der Waals surface area contributed by atoms with E-state index in [9.17, 15) is 4.79 Å². The quantitative estimate of drug-likeness (QED) is 0.349. The summed E-state index contributed by atoms with van der Waals surface area (Å²) in [5, 5.41) is 4.24. The highest BCUT2D eigenvalue weighted by Crippen LogP contribution is 2.33. The van der Waals surface area contributed by atoms with Gasteiger partial charge in [0.15, 0.2) is 0 Å². The standard InChI is InChI=1S/C23H20ClN3O3S/c1-29-18-5-2-4-16(12-18)22-26-21(15-7-9-17(24)10-8-15)23(27-22)31-14-20(28)25-13-19-6-3-11-30-19/h2-12H,13-14H2,1H3,(H,25,28)(H,26,27). The molecule has 0 spiro atoms. The Balaban J connectivity index is 1.56. The van der Waals surface area contributed by atoms with E-state index < -0.39 is 0 Å².